The Morgan fingerprint density at radius 2 is 2.35 bits per heavy atom. The SMILES string of the molecule is CCOC(=O)c1cc(NC2(C)CCOC2)c(F)cc1N. The highest BCUT2D eigenvalue weighted by Gasteiger charge is 2.30. The molecule has 0 radical (unpaired) electrons. The fraction of sp³-hybridized carbons (Fsp3) is 0.500. The van der Waals surface area contributed by atoms with Crippen molar-refractivity contribution in [2.45, 2.75) is 25.8 Å². The Labute approximate surface area is 117 Å². The molecule has 20 heavy (non-hydrogen) atoms. The number of nitrogen functional groups attached to an aromatic ring is 1. The molecule has 1 aliphatic rings. The summed E-state index contributed by atoms with van der Waals surface area (Å²) < 4.78 is 24.2. The Kier molecular flexibility index (Phi) is 4.13. The molecule has 1 atom stereocenters. The molecule has 0 aliphatic carbocycles. The second kappa shape index (κ2) is 5.66. The van der Waals surface area contributed by atoms with Crippen molar-refractivity contribution < 1.29 is 18.7 Å². The molecule has 0 amide bonds. The minimum Gasteiger partial charge on any atom is -0.462 e. The second-order valence-electron chi connectivity index (χ2n) is 5.13. The number of ether oxygens (including phenoxy) is 2. The molecular weight excluding hydrogens is 263 g/mol. The number of hydrogen-bond donors (Lipinski definition) is 2. The van der Waals surface area contributed by atoms with Crippen LogP contribution in [0.2, 0.25) is 0 Å². The van der Waals surface area contributed by atoms with Crippen LogP contribution in [-0.4, -0.2) is 31.3 Å². The summed E-state index contributed by atoms with van der Waals surface area (Å²) >= 11 is 0. The molecule has 5 nitrogen and oxygen atoms in total. The first-order valence-corrected chi connectivity index (χ1v) is 6.57. The van der Waals surface area contributed by atoms with Gasteiger partial charge in [0.15, 0.2) is 0 Å². The average molecular weight is 282 g/mol. The maximum Gasteiger partial charge on any atom is 0.340 e. The number of rotatable bonds is 4. The van der Waals surface area contributed by atoms with Crippen LogP contribution in [0.4, 0.5) is 15.8 Å². The van der Waals surface area contributed by atoms with E-state index in [1.54, 1.807) is 6.92 Å². The molecule has 0 bridgehead atoms. The third kappa shape index (κ3) is 3.01. The quantitative estimate of drug-likeness (QED) is 0.654. The maximum atomic E-state index is 14.0. The van der Waals surface area contributed by atoms with Crippen molar-refractivity contribution in [3.05, 3.63) is 23.5 Å². The van der Waals surface area contributed by atoms with Crippen molar-refractivity contribution in [3.8, 4) is 0 Å². The van der Waals surface area contributed by atoms with Gasteiger partial charge in [0, 0.05) is 12.3 Å². The predicted molar refractivity (Wildman–Crippen MR) is 74.2 cm³/mol. The van der Waals surface area contributed by atoms with Crippen molar-refractivity contribution in [1.29, 1.82) is 0 Å². The summed E-state index contributed by atoms with van der Waals surface area (Å²) in [5.41, 5.74) is 5.79. The maximum absolute atomic E-state index is 14.0. The van der Waals surface area contributed by atoms with Gasteiger partial charge in [0.1, 0.15) is 5.82 Å². The largest absolute Gasteiger partial charge is 0.462 e. The van der Waals surface area contributed by atoms with Gasteiger partial charge in [0.2, 0.25) is 0 Å². The lowest BCUT2D eigenvalue weighted by Crippen LogP contribution is -2.35. The first-order chi connectivity index (χ1) is 9.45. The van der Waals surface area contributed by atoms with Crippen molar-refractivity contribution >= 4 is 17.3 Å². The molecule has 2 rings (SSSR count). The molecule has 1 fully saturated rings. The number of carbonyl (C=O) groups is 1. The number of hydrogen-bond acceptors (Lipinski definition) is 5. The number of nitrogens with one attached hydrogen (secondary N) is 1. The van der Waals surface area contributed by atoms with E-state index < -0.39 is 11.8 Å². The average Bonchev–Trinajstić information content (AvgIpc) is 2.80. The molecule has 0 saturated carbocycles. The van der Waals surface area contributed by atoms with E-state index >= 15 is 0 Å². The van der Waals surface area contributed by atoms with Crippen LogP contribution in [0.1, 0.15) is 30.6 Å². The molecule has 1 aromatic rings. The summed E-state index contributed by atoms with van der Waals surface area (Å²) in [4.78, 5) is 11.8. The minimum absolute atomic E-state index is 0.0688. The van der Waals surface area contributed by atoms with Crippen molar-refractivity contribution in [2.24, 2.45) is 0 Å². The van der Waals surface area contributed by atoms with E-state index in [1.165, 1.54) is 6.07 Å². The molecular formula is C14H19FN2O3. The van der Waals surface area contributed by atoms with Crippen LogP contribution in [-0.2, 0) is 9.47 Å². The molecule has 1 unspecified atom stereocenters. The molecule has 1 aliphatic heterocycles. The number of esters is 1. The van der Waals surface area contributed by atoms with Gasteiger partial charge in [-0.15, -0.1) is 0 Å². The highest BCUT2D eigenvalue weighted by molar-refractivity contribution is 5.96. The van der Waals surface area contributed by atoms with Crippen LogP contribution >= 0.6 is 0 Å². The zero-order chi connectivity index (χ0) is 14.8. The predicted octanol–water partition coefficient (Wildman–Crippen LogP) is 2.18. The van der Waals surface area contributed by atoms with Gasteiger partial charge >= 0.3 is 5.97 Å². The molecule has 6 heteroatoms. The zero-order valence-corrected chi connectivity index (χ0v) is 11.7. The molecule has 110 valence electrons. The Morgan fingerprint density at radius 1 is 1.60 bits per heavy atom. The van der Waals surface area contributed by atoms with Gasteiger partial charge in [-0.2, -0.15) is 0 Å². The summed E-state index contributed by atoms with van der Waals surface area (Å²) in [6.45, 7) is 5.01. The first kappa shape index (κ1) is 14.6. The van der Waals surface area contributed by atoms with E-state index in [1.807, 2.05) is 6.92 Å². The Morgan fingerprint density at radius 3 is 2.95 bits per heavy atom. The monoisotopic (exact) mass is 282 g/mol. The second-order valence-corrected chi connectivity index (χ2v) is 5.13. The summed E-state index contributed by atoms with van der Waals surface area (Å²) in [6.07, 6.45) is 0.769. The third-order valence-corrected chi connectivity index (χ3v) is 3.29. The van der Waals surface area contributed by atoms with Gasteiger partial charge in [0.25, 0.3) is 0 Å². The van der Waals surface area contributed by atoms with Crippen LogP contribution in [0, 0.1) is 5.82 Å². The molecule has 1 aromatic carbocycles. The van der Waals surface area contributed by atoms with Gasteiger partial charge < -0.3 is 20.5 Å². The normalized spacial score (nSPS) is 21.8. The zero-order valence-electron chi connectivity index (χ0n) is 11.7. The minimum atomic E-state index is -0.555. The van der Waals surface area contributed by atoms with Crippen LogP contribution in [0.3, 0.4) is 0 Å². The lowest BCUT2D eigenvalue weighted by Gasteiger charge is -2.25. The Hall–Kier alpha value is -1.82. The summed E-state index contributed by atoms with van der Waals surface area (Å²) in [5, 5.41) is 3.09. The van der Waals surface area contributed by atoms with E-state index in [4.69, 9.17) is 15.2 Å². The number of carbonyl (C=O) groups excluding carboxylic acids is 1. The first-order valence-electron chi connectivity index (χ1n) is 6.57. The highest BCUT2D eigenvalue weighted by atomic mass is 19.1. The smallest absolute Gasteiger partial charge is 0.340 e. The summed E-state index contributed by atoms with van der Waals surface area (Å²) in [6, 6.07) is 2.53. The Bertz CT molecular complexity index is 513. The van der Waals surface area contributed by atoms with E-state index in [0.717, 1.165) is 12.5 Å². The van der Waals surface area contributed by atoms with Crippen LogP contribution in [0.5, 0.6) is 0 Å². The van der Waals surface area contributed by atoms with Crippen molar-refractivity contribution in [2.75, 3.05) is 30.9 Å². The van der Waals surface area contributed by atoms with Gasteiger partial charge in [-0.05, 0) is 32.4 Å². The van der Waals surface area contributed by atoms with E-state index in [2.05, 4.69) is 5.32 Å². The fourth-order valence-corrected chi connectivity index (χ4v) is 2.16. The van der Waals surface area contributed by atoms with E-state index in [-0.39, 0.29) is 29.1 Å². The molecule has 1 heterocycles. The van der Waals surface area contributed by atoms with Crippen molar-refractivity contribution in [3.63, 3.8) is 0 Å². The molecule has 0 aromatic heterocycles. The third-order valence-electron chi connectivity index (χ3n) is 3.29. The van der Waals surface area contributed by atoms with Crippen LogP contribution in [0.15, 0.2) is 12.1 Å². The molecule has 3 N–H and O–H groups in total. The van der Waals surface area contributed by atoms with Crippen molar-refractivity contribution in [1.82, 2.24) is 0 Å². The van der Waals surface area contributed by atoms with Gasteiger partial charge in [-0.1, -0.05) is 0 Å². The number of benzene rings is 1. The highest BCUT2D eigenvalue weighted by Crippen LogP contribution is 2.28. The number of nitrogens with two attached hydrogens (primary N) is 1. The molecule has 0 spiro atoms. The standard InChI is InChI=1S/C14H19FN2O3/c1-3-20-13(18)9-6-12(10(15)7-11(9)16)17-14(2)4-5-19-8-14/h6-7,17H,3-5,8,16H2,1-2H3. The number of anilines is 2. The van der Waals surface area contributed by atoms with Crippen LogP contribution < -0.4 is 11.1 Å². The lowest BCUT2D eigenvalue weighted by atomic mass is 10.0. The van der Waals surface area contributed by atoms with Gasteiger partial charge in [-0.25, -0.2) is 9.18 Å². The van der Waals surface area contributed by atoms with E-state index in [0.29, 0.717) is 13.2 Å². The van der Waals surface area contributed by atoms with Gasteiger partial charge in [-0.3, -0.25) is 0 Å². The van der Waals surface area contributed by atoms with Gasteiger partial charge in [0.05, 0.1) is 30.0 Å². The molecule has 1 saturated heterocycles. The Balaban J connectivity index is 2.28. The lowest BCUT2D eigenvalue weighted by molar-refractivity contribution is 0.0527. The summed E-state index contributed by atoms with van der Waals surface area (Å²) in [7, 11) is 0. The van der Waals surface area contributed by atoms with Crippen LogP contribution in [0.25, 0.3) is 0 Å². The topological polar surface area (TPSA) is 73.6 Å². The number of halogens is 1. The summed E-state index contributed by atoms with van der Waals surface area (Å²) in [5.74, 6) is -1.05. The van der Waals surface area contributed by atoms with E-state index in [9.17, 15) is 9.18 Å². The fourth-order valence-electron chi connectivity index (χ4n) is 2.16.